The lowest BCUT2D eigenvalue weighted by Crippen LogP contribution is -2.07. The van der Waals surface area contributed by atoms with Gasteiger partial charge in [0.1, 0.15) is 11.6 Å². The lowest BCUT2D eigenvalue weighted by atomic mass is 10.1. The summed E-state index contributed by atoms with van der Waals surface area (Å²) in [5.74, 6) is 1.06. The molecule has 1 aliphatic heterocycles. The van der Waals surface area contributed by atoms with E-state index in [0.717, 1.165) is 33.2 Å². The van der Waals surface area contributed by atoms with Crippen molar-refractivity contribution in [2.24, 2.45) is 0 Å². The molecule has 2 aromatic carbocycles. The van der Waals surface area contributed by atoms with Crippen LogP contribution in [-0.2, 0) is 17.0 Å². The summed E-state index contributed by atoms with van der Waals surface area (Å²) < 4.78 is 19.1. The molecule has 0 saturated heterocycles. The number of fused-ring (bicyclic) bond motifs is 1. The van der Waals surface area contributed by atoms with Crippen LogP contribution in [0.3, 0.4) is 0 Å². The molecule has 1 aliphatic rings. The molecule has 5 nitrogen and oxygen atoms in total. The summed E-state index contributed by atoms with van der Waals surface area (Å²) in [7, 11) is 0. The Hall–Kier alpha value is -2.71. The highest BCUT2D eigenvalue weighted by atomic mass is 32.2. The van der Waals surface area contributed by atoms with Gasteiger partial charge in [0, 0.05) is 18.2 Å². The fourth-order valence-corrected chi connectivity index (χ4v) is 4.38. The molecule has 1 amide bonds. The number of ether oxygens (including phenoxy) is 1. The maximum atomic E-state index is 12.9. The van der Waals surface area contributed by atoms with Crippen molar-refractivity contribution >= 4 is 40.2 Å². The Morgan fingerprint density at radius 1 is 1.25 bits per heavy atom. The van der Waals surface area contributed by atoms with Crippen LogP contribution in [-0.4, -0.2) is 22.7 Å². The standard InChI is InChI=1S/C20H16FN3O2S2/c21-16-5-1-14(2-6-16)12-27-20-24-23-19(28-20)22-18(25)8-4-13-3-7-17-15(11-13)9-10-26-17/h1-8,11H,9-10,12H2,(H,22,23,25)/b8-4+. The summed E-state index contributed by atoms with van der Waals surface area (Å²) in [6.45, 7) is 0.710. The highest BCUT2D eigenvalue weighted by molar-refractivity contribution is 8.00. The van der Waals surface area contributed by atoms with Crippen molar-refractivity contribution in [3.63, 3.8) is 0 Å². The summed E-state index contributed by atoms with van der Waals surface area (Å²) in [6, 6.07) is 12.2. The number of carbonyl (C=O) groups is 1. The molecule has 0 saturated carbocycles. The van der Waals surface area contributed by atoms with Gasteiger partial charge in [0.25, 0.3) is 0 Å². The van der Waals surface area contributed by atoms with E-state index >= 15 is 0 Å². The molecule has 28 heavy (non-hydrogen) atoms. The number of nitrogens with one attached hydrogen (secondary N) is 1. The third kappa shape index (κ3) is 4.76. The first-order valence-corrected chi connectivity index (χ1v) is 10.4. The topological polar surface area (TPSA) is 64.1 Å². The SMILES string of the molecule is O=C(/C=C/c1ccc2c(c1)CCO2)Nc1nnc(SCc2ccc(F)cc2)s1. The first-order valence-electron chi connectivity index (χ1n) is 8.61. The predicted molar refractivity (Wildman–Crippen MR) is 109 cm³/mol. The van der Waals surface area contributed by atoms with Gasteiger partial charge in [-0.15, -0.1) is 10.2 Å². The Morgan fingerprint density at radius 2 is 2.11 bits per heavy atom. The fourth-order valence-electron chi connectivity index (χ4n) is 2.67. The molecule has 3 aromatic rings. The van der Waals surface area contributed by atoms with Gasteiger partial charge >= 0.3 is 0 Å². The van der Waals surface area contributed by atoms with E-state index in [-0.39, 0.29) is 11.7 Å². The molecule has 1 N–H and O–H groups in total. The third-order valence-electron chi connectivity index (χ3n) is 4.05. The highest BCUT2D eigenvalue weighted by Crippen LogP contribution is 2.29. The van der Waals surface area contributed by atoms with Crippen LogP contribution >= 0.6 is 23.1 Å². The number of carbonyl (C=O) groups excluding carboxylic acids is 1. The number of aromatic nitrogens is 2. The van der Waals surface area contributed by atoms with E-state index in [9.17, 15) is 9.18 Å². The molecular formula is C20H16FN3O2S2. The van der Waals surface area contributed by atoms with Gasteiger partial charge in [-0.1, -0.05) is 41.3 Å². The van der Waals surface area contributed by atoms with Gasteiger partial charge in [-0.3, -0.25) is 10.1 Å². The predicted octanol–water partition coefficient (Wildman–Crippen LogP) is 4.56. The average Bonchev–Trinajstić information content (AvgIpc) is 3.34. The molecule has 0 fully saturated rings. The molecule has 0 spiro atoms. The third-order valence-corrected chi connectivity index (χ3v) is 6.10. The van der Waals surface area contributed by atoms with Gasteiger partial charge in [0.15, 0.2) is 4.34 Å². The summed E-state index contributed by atoms with van der Waals surface area (Å²) in [5, 5.41) is 11.2. The lowest BCUT2D eigenvalue weighted by Gasteiger charge is -2.00. The molecule has 0 aliphatic carbocycles. The molecule has 0 atom stereocenters. The molecule has 0 unspecified atom stereocenters. The number of nitrogens with zero attached hydrogens (tertiary/aromatic N) is 2. The zero-order valence-corrected chi connectivity index (χ0v) is 16.4. The van der Waals surface area contributed by atoms with Crippen molar-refractivity contribution in [1.29, 1.82) is 0 Å². The van der Waals surface area contributed by atoms with Crippen LogP contribution in [0.15, 0.2) is 52.9 Å². The number of anilines is 1. The number of hydrogen-bond donors (Lipinski definition) is 1. The maximum absolute atomic E-state index is 12.9. The maximum Gasteiger partial charge on any atom is 0.250 e. The number of benzene rings is 2. The highest BCUT2D eigenvalue weighted by Gasteiger charge is 2.11. The second-order valence-corrected chi connectivity index (χ2v) is 8.28. The molecular weight excluding hydrogens is 397 g/mol. The minimum absolute atomic E-state index is 0.254. The summed E-state index contributed by atoms with van der Waals surface area (Å²) in [5.41, 5.74) is 3.11. The van der Waals surface area contributed by atoms with Gasteiger partial charge < -0.3 is 4.74 Å². The van der Waals surface area contributed by atoms with Crippen molar-refractivity contribution in [3.8, 4) is 5.75 Å². The monoisotopic (exact) mass is 413 g/mol. The normalized spacial score (nSPS) is 12.8. The van der Waals surface area contributed by atoms with Gasteiger partial charge in [0.05, 0.1) is 6.61 Å². The van der Waals surface area contributed by atoms with E-state index in [1.54, 1.807) is 18.2 Å². The first-order chi connectivity index (χ1) is 13.7. The number of amides is 1. The van der Waals surface area contributed by atoms with Crippen LogP contribution in [0.5, 0.6) is 5.75 Å². The summed E-state index contributed by atoms with van der Waals surface area (Å²) in [6.07, 6.45) is 4.13. The van der Waals surface area contributed by atoms with E-state index in [1.165, 1.54) is 41.3 Å². The van der Waals surface area contributed by atoms with E-state index in [0.29, 0.717) is 17.5 Å². The van der Waals surface area contributed by atoms with E-state index in [2.05, 4.69) is 15.5 Å². The average molecular weight is 413 g/mol. The second-order valence-electron chi connectivity index (χ2n) is 6.08. The minimum Gasteiger partial charge on any atom is -0.493 e. The number of halogens is 1. The first kappa shape index (κ1) is 18.6. The van der Waals surface area contributed by atoms with Crippen molar-refractivity contribution in [1.82, 2.24) is 10.2 Å². The number of rotatable bonds is 6. The largest absolute Gasteiger partial charge is 0.493 e. The molecule has 0 bridgehead atoms. The molecule has 2 heterocycles. The Bertz CT molecular complexity index is 1020. The summed E-state index contributed by atoms with van der Waals surface area (Å²) in [4.78, 5) is 12.1. The number of thioether (sulfide) groups is 1. The van der Waals surface area contributed by atoms with E-state index in [1.807, 2.05) is 18.2 Å². The van der Waals surface area contributed by atoms with Gasteiger partial charge in [-0.05, 0) is 47.0 Å². The van der Waals surface area contributed by atoms with Crippen molar-refractivity contribution < 1.29 is 13.9 Å². The van der Waals surface area contributed by atoms with Crippen LogP contribution in [0.1, 0.15) is 16.7 Å². The lowest BCUT2D eigenvalue weighted by molar-refractivity contribution is -0.111. The molecule has 8 heteroatoms. The van der Waals surface area contributed by atoms with Crippen molar-refractivity contribution in [2.45, 2.75) is 16.5 Å². The molecule has 4 rings (SSSR count). The summed E-state index contributed by atoms with van der Waals surface area (Å²) >= 11 is 2.80. The van der Waals surface area contributed by atoms with Gasteiger partial charge in [-0.25, -0.2) is 4.39 Å². The van der Waals surface area contributed by atoms with Crippen LogP contribution in [0.25, 0.3) is 6.08 Å². The Morgan fingerprint density at radius 3 is 2.96 bits per heavy atom. The fraction of sp³-hybridized carbons (Fsp3) is 0.150. The van der Waals surface area contributed by atoms with E-state index in [4.69, 9.17) is 4.74 Å². The van der Waals surface area contributed by atoms with E-state index < -0.39 is 0 Å². The van der Waals surface area contributed by atoms with Crippen LogP contribution in [0.2, 0.25) is 0 Å². The quantitative estimate of drug-likeness (QED) is 0.365. The molecule has 1 aromatic heterocycles. The van der Waals surface area contributed by atoms with Crippen LogP contribution in [0, 0.1) is 5.82 Å². The van der Waals surface area contributed by atoms with Crippen LogP contribution in [0.4, 0.5) is 9.52 Å². The Labute approximate surface area is 169 Å². The smallest absolute Gasteiger partial charge is 0.250 e. The zero-order chi connectivity index (χ0) is 19.3. The van der Waals surface area contributed by atoms with Crippen LogP contribution < -0.4 is 10.1 Å². The zero-order valence-electron chi connectivity index (χ0n) is 14.7. The Balaban J connectivity index is 1.30. The minimum atomic E-state index is -0.261. The molecule has 0 radical (unpaired) electrons. The number of hydrogen-bond acceptors (Lipinski definition) is 6. The van der Waals surface area contributed by atoms with Crippen molar-refractivity contribution in [2.75, 3.05) is 11.9 Å². The Kier molecular flexibility index (Phi) is 5.68. The second kappa shape index (κ2) is 8.53. The van der Waals surface area contributed by atoms with Gasteiger partial charge in [-0.2, -0.15) is 0 Å². The van der Waals surface area contributed by atoms with Crippen molar-refractivity contribution in [3.05, 3.63) is 71.0 Å². The molecule has 142 valence electrons. The van der Waals surface area contributed by atoms with Gasteiger partial charge in [0.2, 0.25) is 11.0 Å².